The maximum atomic E-state index is 9.31. The van der Waals surface area contributed by atoms with E-state index in [1.165, 1.54) is 0 Å². The molecule has 1 fully saturated rings. The first kappa shape index (κ1) is 23.9. The molecular formula is C19H32IN3O4. The van der Waals surface area contributed by atoms with Crippen molar-refractivity contribution in [3.8, 4) is 5.75 Å². The summed E-state index contributed by atoms with van der Waals surface area (Å²) >= 11 is 0. The van der Waals surface area contributed by atoms with Gasteiger partial charge >= 0.3 is 0 Å². The average Bonchev–Trinajstić information content (AvgIpc) is 3.12. The molecule has 0 aromatic heterocycles. The van der Waals surface area contributed by atoms with Gasteiger partial charge in [0.15, 0.2) is 5.96 Å². The number of methoxy groups -OCH3 is 1. The van der Waals surface area contributed by atoms with Crippen LogP contribution < -0.4 is 15.4 Å². The molecule has 7 nitrogen and oxygen atoms in total. The predicted molar refractivity (Wildman–Crippen MR) is 117 cm³/mol. The summed E-state index contributed by atoms with van der Waals surface area (Å²) in [7, 11) is 3.41. The van der Waals surface area contributed by atoms with Gasteiger partial charge in [0.05, 0.1) is 13.2 Å². The van der Waals surface area contributed by atoms with Crippen molar-refractivity contribution in [3.05, 3.63) is 29.8 Å². The number of hydrogen-bond donors (Lipinski definition) is 3. The minimum atomic E-state index is -0.00639. The third-order valence-electron chi connectivity index (χ3n) is 4.62. The van der Waals surface area contributed by atoms with Gasteiger partial charge in [0.1, 0.15) is 12.4 Å². The number of aliphatic imine (C=N–C) groups is 1. The normalized spacial score (nSPS) is 19.4. The van der Waals surface area contributed by atoms with Crippen molar-refractivity contribution in [1.29, 1.82) is 0 Å². The predicted octanol–water partition coefficient (Wildman–Crippen LogP) is 1.78. The fraction of sp³-hybridized carbons (Fsp3) is 0.632. The van der Waals surface area contributed by atoms with Gasteiger partial charge in [0.2, 0.25) is 0 Å². The second kappa shape index (κ2) is 13.1. The van der Waals surface area contributed by atoms with Gasteiger partial charge in [0, 0.05) is 45.9 Å². The minimum absolute atomic E-state index is 0. The smallest absolute Gasteiger partial charge is 0.191 e. The van der Waals surface area contributed by atoms with Crippen molar-refractivity contribution in [3.63, 3.8) is 0 Å². The van der Waals surface area contributed by atoms with E-state index in [0.29, 0.717) is 26.4 Å². The monoisotopic (exact) mass is 493 g/mol. The van der Waals surface area contributed by atoms with E-state index in [1.807, 2.05) is 24.3 Å². The van der Waals surface area contributed by atoms with Crippen LogP contribution in [0.3, 0.4) is 0 Å². The Hall–Kier alpha value is -1.10. The van der Waals surface area contributed by atoms with Crippen LogP contribution in [0.25, 0.3) is 0 Å². The first-order valence-electron chi connectivity index (χ1n) is 9.05. The summed E-state index contributed by atoms with van der Waals surface area (Å²) in [5.74, 6) is 1.58. The van der Waals surface area contributed by atoms with Crippen molar-refractivity contribution in [2.45, 2.75) is 19.4 Å². The molecule has 1 unspecified atom stereocenters. The van der Waals surface area contributed by atoms with Crippen LogP contribution in [0.1, 0.15) is 18.4 Å². The summed E-state index contributed by atoms with van der Waals surface area (Å²) in [6.45, 7) is 4.14. The van der Waals surface area contributed by atoms with E-state index in [-0.39, 0.29) is 36.0 Å². The molecule has 0 radical (unpaired) electrons. The molecule has 1 aliphatic rings. The van der Waals surface area contributed by atoms with Crippen molar-refractivity contribution < 1.29 is 19.3 Å². The summed E-state index contributed by atoms with van der Waals surface area (Å²) in [5, 5.41) is 16.0. The SMILES string of the molecule is CN=C(NCc1ccc(OCCOC)cc1)NCC1(CCO)CCOC1.I. The Balaban J connectivity index is 0.00000364. The Morgan fingerprint density at radius 3 is 2.63 bits per heavy atom. The first-order chi connectivity index (χ1) is 12.7. The molecule has 1 atom stereocenters. The van der Waals surface area contributed by atoms with Gasteiger partial charge in [-0.3, -0.25) is 4.99 Å². The number of hydrogen-bond acceptors (Lipinski definition) is 5. The molecular weight excluding hydrogens is 461 g/mol. The molecule has 1 aliphatic heterocycles. The highest BCUT2D eigenvalue weighted by molar-refractivity contribution is 14.0. The van der Waals surface area contributed by atoms with E-state index in [2.05, 4.69) is 15.6 Å². The number of ether oxygens (including phenoxy) is 3. The van der Waals surface area contributed by atoms with E-state index in [4.69, 9.17) is 14.2 Å². The van der Waals surface area contributed by atoms with E-state index >= 15 is 0 Å². The second-order valence-electron chi connectivity index (χ2n) is 6.54. The molecule has 1 aromatic carbocycles. The highest BCUT2D eigenvalue weighted by atomic mass is 127. The van der Waals surface area contributed by atoms with Crippen LogP contribution in [0.15, 0.2) is 29.3 Å². The highest BCUT2D eigenvalue weighted by Crippen LogP contribution is 2.31. The summed E-state index contributed by atoms with van der Waals surface area (Å²) in [6.07, 6.45) is 1.70. The Kier molecular flexibility index (Phi) is 11.7. The Morgan fingerprint density at radius 1 is 1.26 bits per heavy atom. The number of halogens is 1. The molecule has 0 amide bonds. The van der Waals surface area contributed by atoms with Crippen LogP contribution in [0.2, 0.25) is 0 Å². The van der Waals surface area contributed by atoms with Gasteiger partial charge in [-0.25, -0.2) is 0 Å². The van der Waals surface area contributed by atoms with Gasteiger partial charge in [-0.1, -0.05) is 12.1 Å². The zero-order valence-corrected chi connectivity index (χ0v) is 18.5. The molecule has 154 valence electrons. The topological polar surface area (TPSA) is 84.3 Å². The first-order valence-corrected chi connectivity index (χ1v) is 9.05. The Bertz CT molecular complexity index is 548. The number of benzene rings is 1. The van der Waals surface area contributed by atoms with Crippen molar-refractivity contribution >= 4 is 29.9 Å². The number of nitrogens with zero attached hydrogens (tertiary/aromatic N) is 1. The summed E-state index contributed by atoms with van der Waals surface area (Å²) in [5.41, 5.74) is 1.13. The molecule has 2 rings (SSSR count). The molecule has 27 heavy (non-hydrogen) atoms. The highest BCUT2D eigenvalue weighted by Gasteiger charge is 2.34. The summed E-state index contributed by atoms with van der Waals surface area (Å²) < 4.78 is 16.1. The average molecular weight is 493 g/mol. The van der Waals surface area contributed by atoms with Crippen molar-refractivity contribution in [2.24, 2.45) is 10.4 Å². The van der Waals surface area contributed by atoms with Crippen LogP contribution in [0.5, 0.6) is 5.75 Å². The molecule has 1 heterocycles. The molecule has 0 spiro atoms. The van der Waals surface area contributed by atoms with E-state index in [1.54, 1.807) is 14.2 Å². The van der Waals surface area contributed by atoms with Crippen LogP contribution in [0, 0.1) is 5.41 Å². The zero-order valence-electron chi connectivity index (χ0n) is 16.2. The van der Waals surface area contributed by atoms with Crippen LogP contribution in [-0.4, -0.2) is 64.8 Å². The Labute approximate surface area is 178 Å². The van der Waals surface area contributed by atoms with Gasteiger partial charge in [-0.15, -0.1) is 24.0 Å². The van der Waals surface area contributed by atoms with Crippen molar-refractivity contribution in [2.75, 3.05) is 53.7 Å². The summed E-state index contributed by atoms with van der Waals surface area (Å²) in [6, 6.07) is 7.96. The quantitative estimate of drug-likeness (QED) is 0.200. The molecule has 1 aromatic rings. The van der Waals surface area contributed by atoms with E-state index in [9.17, 15) is 5.11 Å². The number of guanidine groups is 1. The second-order valence-corrected chi connectivity index (χ2v) is 6.54. The van der Waals surface area contributed by atoms with Crippen LogP contribution in [-0.2, 0) is 16.0 Å². The largest absolute Gasteiger partial charge is 0.491 e. The fourth-order valence-electron chi connectivity index (χ4n) is 2.94. The minimum Gasteiger partial charge on any atom is -0.491 e. The van der Waals surface area contributed by atoms with E-state index < -0.39 is 0 Å². The fourth-order valence-corrected chi connectivity index (χ4v) is 2.94. The summed E-state index contributed by atoms with van der Waals surface area (Å²) in [4.78, 5) is 4.28. The maximum absolute atomic E-state index is 9.31. The van der Waals surface area contributed by atoms with Crippen LogP contribution in [0.4, 0.5) is 0 Å². The number of rotatable bonds is 10. The number of aliphatic hydroxyl groups is 1. The lowest BCUT2D eigenvalue weighted by atomic mass is 9.84. The molecule has 1 saturated heterocycles. The lowest BCUT2D eigenvalue weighted by molar-refractivity contribution is 0.127. The number of nitrogens with one attached hydrogen (secondary N) is 2. The van der Waals surface area contributed by atoms with Crippen molar-refractivity contribution in [1.82, 2.24) is 10.6 Å². The Morgan fingerprint density at radius 2 is 2.04 bits per heavy atom. The molecule has 0 saturated carbocycles. The standard InChI is InChI=1S/C19H31N3O4.HI/c1-20-18(22-14-19(7-9-23)8-10-25-15-19)21-13-16-3-5-17(6-4-16)26-12-11-24-2;/h3-6,23H,7-15H2,1-2H3,(H2,20,21,22);1H. The third kappa shape index (κ3) is 8.20. The van der Waals surface area contributed by atoms with Gasteiger partial charge < -0.3 is 30.0 Å². The molecule has 0 bridgehead atoms. The van der Waals surface area contributed by atoms with Gasteiger partial charge in [-0.05, 0) is 30.5 Å². The maximum Gasteiger partial charge on any atom is 0.191 e. The third-order valence-corrected chi connectivity index (χ3v) is 4.62. The van der Waals surface area contributed by atoms with Gasteiger partial charge in [0.25, 0.3) is 0 Å². The lowest BCUT2D eigenvalue weighted by Gasteiger charge is -2.27. The number of aliphatic hydroxyl groups excluding tert-OH is 1. The lowest BCUT2D eigenvalue weighted by Crippen LogP contribution is -2.44. The molecule has 0 aliphatic carbocycles. The van der Waals surface area contributed by atoms with Gasteiger partial charge in [-0.2, -0.15) is 0 Å². The van der Waals surface area contributed by atoms with Crippen LogP contribution >= 0.6 is 24.0 Å². The zero-order chi connectivity index (χ0) is 18.7. The molecule has 3 N–H and O–H groups in total. The molecule has 8 heteroatoms. The van der Waals surface area contributed by atoms with E-state index in [0.717, 1.165) is 43.3 Å².